The fraction of sp³-hybridized carbons (Fsp3) is 0.143. The van der Waals surface area contributed by atoms with E-state index in [0.29, 0.717) is 11.3 Å². The maximum atomic E-state index is 11.1. The molecule has 0 spiro atoms. The number of rotatable bonds is 2. The van der Waals surface area contributed by atoms with Gasteiger partial charge in [0.05, 0.1) is 11.9 Å². The minimum atomic E-state index is -3.32. The fourth-order valence-electron chi connectivity index (χ4n) is 1.18. The van der Waals surface area contributed by atoms with Crippen LogP contribution in [0.3, 0.4) is 0 Å². The monoisotopic (exact) mass is 290 g/mol. The Labute approximate surface area is 94.5 Å². The molecule has 8 heteroatoms. The van der Waals surface area contributed by atoms with Crippen LogP contribution in [0.2, 0.25) is 0 Å². The number of pyridine rings is 1. The second kappa shape index (κ2) is 3.46. The van der Waals surface area contributed by atoms with E-state index < -0.39 is 10.0 Å². The number of aromatic nitrogens is 3. The minimum absolute atomic E-state index is 0.393. The second-order valence-corrected chi connectivity index (χ2v) is 5.67. The van der Waals surface area contributed by atoms with Crippen LogP contribution >= 0.6 is 15.9 Å². The first-order chi connectivity index (χ1) is 6.96. The predicted octanol–water partition coefficient (Wildman–Crippen LogP) is 0.863. The lowest BCUT2D eigenvalue weighted by Gasteiger charge is -2.05. The number of fused-ring (bicyclic) bond motifs is 1. The van der Waals surface area contributed by atoms with Crippen LogP contribution in [-0.4, -0.2) is 29.3 Å². The van der Waals surface area contributed by atoms with Crippen molar-refractivity contribution >= 4 is 37.3 Å². The van der Waals surface area contributed by atoms with Gasteiger partial charge in [0.25, 0.3) is 0 Å². The highest BCUT2D eigenvalue weighted by Crippen LogP contribution is 2.21. The summed E-state index contributed by atoms with van der Waals surface area (Å²) in [7, 11) is -3.32. The van der Waals surface area contributed by atoms with Gasteiger partial charge in [-0.3, -0.25) is 9.12 Å². The Morgan fingerprint density at radius 1 is 1.53 bits per heavy atom. The Morgan fingerprint density at radius 2 is 2.27 bits per heavy atom. The molecule has 2 aromatic rings. The molecule has 0 bridgehead atoms. The average Bonchev–Trinajstić information content (AvgIpc) is 2.48. The van der Waals surface area contributed by atoms with Crippen LogP contribution < -0.4 is 4.72 Å². The first-order valence-corrected chi connectivity index (χ1v) is 6.61. The van der Waals surface area contributed by atoms with Crippen LogP contribution in [0.15, 0.2) is 23.1 Å². The third kappa shape index (κ3) is 2.26. The highest BCUT2D eigenvalue weighted by atomic mass is 79.9. The van der Waals surface area contributed by atoms with Crippen molar-refractivity contribution in [1.29, 1.82) is 0 Å². The molecule has 6 nitrogen and oxygen atoms in total. The fourth-order valence-corrected chi connectivity index (χ4v) is 2.18. The molecule has 1 N–H and O–H groups in total. The zero-order valence-electron chi connectivity index (χ0n) is 7.68. The largest absolute Gasteiger partial charge is 0.286 e. The number of nitrogens with one attached hydrogen (secondary N) is 1. The smallest absolute Gasteiger partial charge is 0.229 e. The number of hydrogen-bond acceptors (Lipinski definition) is 4. The summed E-state index contributed by atoms with van der Waals surface area (Å²) in [5.41, 5.74) is 0.855. The standard InChI is InChI=1S/C7H7BrN4O2S/c1-15(13,14)11-6-2-5(8)3-12-4-9-10-7(6)12/h2-4,11H,1H3. The van der Waals surface area contributed by atoms with Gasteiger partial charge >= 0.3 is 0 Å². The summed E-state index contributed by atoms with van der Waals surface area (Å²) in [6.07, 6.45) is 4.32. The summed E-state index contributed by atoms with van der Waals surface area (Å²) in [5.74, 6) is 0. The van der Waals surface area contributed by atoms with Crippen LogP contribution in [0.4, 0.5) is 5.69 Å². The molecule has 0 aliphatic heterocycles. The number of halogens is 1. The van der Waals surface area contributed by atoms with Crippen LogP contribution in [0, 0.1) is 0 Å². The van der Waals surface area contributed by atoms with Crippen molar-refractivity contribution in [3.05, 3.63) is 23.1 Å². The molecule has 2 rings (SSSR count). The molecule has 15 heavy (non-hydrogen) atoms. The van der Waals surface area contributed by atoms with Crippen LogP contribution in [0.5, 0.6) is 0 Å². The first-order valence-electron chi connectivity index (χ1n) is 3.92. The number of nitrogens with zero attached hydrogens (tertiary/aromatic N) is 3. The van der Waals surface area contributed by atoms with Crippen molar-refractivity contribution in [2.75, 3.05) is 11.0 Å². The molecule has 0 unspecified atom stereocenters. The van der Waals surface area contributed by atoms with Gasteiger partial charge in [0.2, 0.25) is 10.0 Å². The molecule has 0 atom stereocenters. The summed E-state index contributed by atoms with van der Waals surface area (Å²) in [6, 6.07) is 1.63. The summed E-state index contributed by atoms with van der Waals surface area (Å²) in [5, 5.41) is 7.50. The Hall–Kier alpha value is -1.15. The van der Waals surface area contributed by atoms with Crippen LogP contribution in [0.1, 0.15) is 0 Å². The Balaban J connectivity index is 2.63. The molecule has 0 radical (unpaired) electrons. The van der Waals surface area contributed by atoms with Crippen molar-refractivity contribution in [3.8, 4) is 0 Å². The van der Waals surface area contributed by atoms with E-state index in [9.17, 15) is 8.42 Å². The maximum absolute atomic E-state index is 11.1. The van der Waals surface area contributed by atoms with E-state index in [4.69, 9.17) is 0 Å². The van der Waals surface area contributed by atoms with E-state index in [2.05, 4.69) is 30.8 Å². The SMILES string of the molecule is CS(=O)(=O)Nc1cc(Br)cn2cnnc12. The van der Waals surface area contributed by atoms with E-state index in [1.807, 2.05) is 0 Å². The average molecular weight is 291 g/mol. The van der Waals surface area contributed by atoms with Crippen molar-refractivity contribution in [3.63, 3.8) is 0 Å². The molecule has 0 aromatic carbocycles. The van der Waals surface area contributed by atoms with Gasteiger partial charge in [-0.15, -0.1) is 10.2 Å². The summed E-state index contributed by atoms with van der Waals surface area (Å²) < 4.78 is 26.9. The second-order valence-electron chi connectivity index (χ2n) is 3.01. The molecule has 0 saturated carbocycles. The number of anilines is 1. The predicted molar refractivity (Wildman–Crippen MR) is 59.2 cm³/mol. The first kappa shape index (κ1) is 10.4. The van der Waals surface area contributed by atoms with E-state index in [1.165, 1.54) is 6.33 Å². The van der Waals surface area contributed by atoms with Gasteiger partial charge in [0.1, 0.15) is 6.33 Å². The normalized spacial score (nSPS) is 11.9. The van der Waals surface area contributed by atoms with Crippen molar-refractivity contribution in [2.24, 2.45) is 0 Å². The lowest BCUT2D eigenvalue weighted by Crippen LogP contribution is -2.10. The molecule has 0 amide bonds. The molecule has 0 aliphatic carbocycles. The van der Waals surface area contributed by atoms with Crippen molar-refractivity contribution in [2.45, 2.75) is 0 Å². The maximum Gasteiger partial charge on any atom is 0.229 e. The Morgan fingerprint density at radius 3 is 2.93 bits per heavy atom. The van der Waals surface area contributed by atoms with Gasteiger partial charge in [-0.1, -0.05) is 0 Å². The van der Waals surface area contributed by atoms with E-state index in [-0.39, 0.29) is 0 Å². The molecule has 0 saturated heterocycles. The zero-order valence-corrected chi connectivity index (χ0v) is 10.1. The third-order valence-electron chi connectivity index (χ3n) is 1.65. The molecule has 0 fully saturated rings. The molecule has 2 heterocycles. The van der Waals surface area contributed by atoms with Gasteiger partial charge in [-0.25, -0.2) is 8.42 Å². The summed E-state index contributed by atoms with van der Waals surface area (Å²) in [4.78, 5) is 0. The zero-order chi connectivity index (χ0) is 11.1. The molecular weight excluding hydrogens is 284 g/mol. The molecule has 2 aromatic heterocycles. The Bertz CT molecular complexity index is 606. The highest BCUT2D eigenvalue weighted by molar-refractivity contribution is 9.10. The van der Waals surface area contributed by atoms with Gasteiger partial charge in [0.15, 0.2) is 5.65 Å². The quantitative estimate of drug-likeness (QED) is 0.890. The summed E-state index contributed by atoms with van der Waals surface area (Å²) in [6.45, 7) is 0. The van der Waals surface area contributed by atoms with Gasteiger partial charge in [-0.05, 0) is 22.0 Å². The third-order valence-corrected chi connectivity index (χ3v) is 2.68. The van der Waals surface area contributed by atoms with Crippen molar-refractivity contribution < 1.29 is 8.42 Å². The van der Waals surface area contributed by atoms with E-state index >= 15 is 0 Å². The van der Waals surface area contributed by atoms with Gasteiger partial charge in [0, 0.05) is 10.7 Å². The lowest BCUT2D eigenvalue weighted by molar-refractivity contribution is 0.607. The number of hydrogen-bond donors (Lipinski definition) is 1. The molecular formula is C7H7BrN4O2S. The van der Waals surface area contributed by atoms with Crippen LogP contribution in [-0.2, 0) is 10.0 Å². The highest BCUT2D eigenvalue weighted by Gasteiger charge is 2.09. The lowest BCUT2D eigenvalue weighted by atomic mass is 10.4. The Kier molecular flexibility index (Phi) is 2.39. The van der Waals surface area contributed by atoms with Crippen LogP contribution in [0.25, 0.3) is 5.65 Å². The minimum Gasteiger partial charge on any atom is -0.286 e. The van der Waals surface area contributed by atoms with Gasteiger partial charge in [-0.2, -0.15) is 0 Å². The van der Waals surface area contributed by atoms with Gasteiger partial charge < -0.3 is 0 Å². The summed E-state index contributed by atoms with van der Waals surface area (Å²) >= 11 is 3.26. The van der Waals surface area contributed by atoms with E-state index in [1.54, 1.807) is 16.7 Å². The van der Waals surface area contributed by atoms with Crippen molar-refractivity contribution in [1.82, 2.24) is 14.6 Å². The molecule has 0 aliphatic rings. The number of sulfonamides is 1. The topological polar surface area (TPSA) is 76.4 Å². The van der Waals surface area contributed by atoms with E-state index in [0.717, 1.165) is 10.7 Å². The molecule has 80 valence electrons.